The zero-order chi connectivity index (χ0) is 25.3. The minimum absolute atomic E-state index is 0.722. The third-order valence-corrected chi connectivity index (χ3v) is 5.70. The summed E-state index contributed by atoms with van der Waals surface area (Å²) in [4.78, 5) is 0. The predicted molar refractivity (Wildman–Crippen MR) is 143 cm³/mol. The number of methoxy groups -OCH3 is 4. The summed E-state index contributed by atoms with van der Waals surface area (Å²) in [5, 5.41) is 9.55. The van der Waals surface area contributed by atoms with E-state index in [1.165, 1.54) is 0 Å². The number of benzene rings is 4. The van der Waals surface area contributed by atoms with Crippen molar-refractivity contribution in [3.8, 4) is 23.0 Å². The van der Waals surface area contributed by atoms with Crippen LogP contribution in [-0.4, -0.2) is 39.9 Å². The van der Waals surface area contributed by atoms with E-state index in [9.17, 15) is 0 Å². The van der Waals surface area contributed by atoms with Crippen LogP contribution >= 0.6 is 0 Å². The van der Waals surface area contributed by atoms with Crippen LogP contribution in [0.4, 0.5) is 0 Å². The van der Waals surface area contributed by atoms with Gasteiger partial charge in [0, 0.05) is 22.3 Å². The molecule has 0 aliphatic rings. The van der Waals surface area contributed by atoms with E-state index in [1.54, 1.807) is 28.4 Å². The summed E-state index contributed by atoms with van der Waals surface area (Å²) < 4.78 is 21.3. The number of rotatable bonds is 9. The van der Waals surface area contributed by atoms with Gasteiger partial charge in [-0.15, -0.1) is 10.2 Å². The maximum Gasteiger partial charge on any atom is 0.118 e. The molecule has 6 heteroatoms. The molecule has 0 radical (unpaired) electrons. The molecule has 0 spiro atoms. The van der Waals surface area contributed by atoms with Crippen molar-refractivity contribution in [3.05, 3.63) is 119 Å². The summed E-state index contributed by atoms with van der Waals surface area (Å²) >= 11 is 0. The third kappa shape index (κ3) is 5.73. The van der Waals surface area contributed by atoms with Gasteiger partial charge in [0.25, 0.3) is 0 Å². The van der Waals surface area contributed by atoms with Crippen molar-refractivity contribution >= 4 is 11.4 Å². The zero-order valence-electron chi connectivity index (χ0n) is 20.8. The molecule has 0 unspecified atom stereocenters. The Balaban J connectivity index is 1.85. The Morgan fingerprint density at radius 1 is 0.361 bits per heavy atom. The molecule has 4 rings (SSSR count). The molecule has 0 N–H and O–H groups in total. The Bertz CT molecular complexity index is 1120. The van der Waals surface area contributed by atoms with Crippen LogP contribution in [0.25, 0.3) is 0 Å². The van der Waals surface area contributed by atoms with E-state index < -0.39 is 0 Å². The first-order chi connectivity index (χ1) is 17.6. The minimum atomic E-state index is 0.722. The van der Waals surface area contributed by atoms with Gasteiger partial charge in [0.05, 0.1) is 28.4 Å². The summed E-state index contributed by atoms with van der Waals surface area (Å²) in [6, 6.07) is 31.0. The largest absolute Gasteiger partial charge is 0.497 e. The lowest BCUT2D eigenvalue weighted by Gasteiger charge is -2.10. The van der Waals surface area contributed by atoms with Crippen LogP contribution in [0.15, 0.2) is 107 Å². The van der Waals surface area contributed by atoms with E-state index in [-0.39, 0.29) is 0 Å². The molecule has 0 fully saturated rings. The van der Waals surface area contributed by atoms with Crippen LogP contribution in [0.2, 0.25) is 0 Å². The lowest BCUT2D eigenvalue weighted by Crippen LogP contribution is -2.06. The molecule has 0 amide bonds. The van der Waals surface area contributed by atoms with Gasteiger partial charge in [-0.1, -0.05) is 0 Å². The second-order valence-corrected chi connectivity index (χ2v) is 7.81. The van der Waals surface area contributed by atoms with Gasteiger partial charge < -0.3 is 18.9 Å². The highest BCUT2D eigenvalue weighted by atomic mass is 16.5. The first-order valence-electron chi connectivity index (χ1n) is 11.4. The van der Waals surface area contributed by atoms with Crippen LogP contribution in [0.5, 0.6) is 23.0 Å². The minimum Gasteiger partial charge on any atom is -0.497 e. The average Bonchev–Trinajstić information content (AvgIpc) is 2.96. The Hall–Kier alpha value is -4.58. The van der Waals surface area contributed by atoms with E-state index in [1.807, 2.05) is 97.1 Å². The highest BCUT2D eigenvalue weighted by Gasteiger charge is 2.12. The van der Waals surface area contributed by atoms with Gasteiger partial charge >= 0.3 is 0 Å². The number of hydrogen-bond donors (Lipinski definition) is 0. The fraction of sp³-hybridized carbons (Fsp3) is 0.133. The quantitative estimate of drug-likeness (QED) is 0.217. The van der Waals surface area contributed by atoms with Gasteiger partial charge in [-0.2, -0.15) is 0 Å². The summed E-state index contributed by atoms with van der Waals surface area (Å²) in [6.07, 6.45) is 0. The number of ether oxygens (including phenoxy) is 4. The SMILES string of the molecule is COc1ccc(C(=NN=C(c2ccc(OC)cc2)c2ccc(OC)cc2)c2ccc(OC)cc2)cc1. The molecule has 6 nitrogen and oxygen atoms in total. The Morgan fingerprint density at radius 2 is 0.556 bits per heavy atom. The first kappa shape index (κ1) is 24.5. The fourth-order valence-electron chi connectivity index (χ4n) is 3.66. The average molecular weight is 481 g/mol. The van der Waals surface area contributed by atoms with Crippen molar-refractivity contribution < 1.29 is 18.9 Å². The first-order valence-corrected chi connectivity index (χ1v) is 11.4. The Labute approximate surface area is 211 Å². The lowest BCUT2D eigenvalue weighted by molar-refractivity contribution is 0.414. The normalized spacial score (nSPS) is 10.2. The van der Waals surface area contributed by atoms with Crippen LogP contribution in [-0.2, 0) is 0 Å². The molecule has 0 bridgehead atoms. The lowest BCUT2D eigenvalue weighted by atomic mass is 10.0. The van der Waals surface area contributed by atoms with Crippen LogP contribution in [0, 0.1) is 0 Å². The maximum atomic E-state index is 5.33. The molecular weight excluding hydrogens is 452 g/mol. The van der Waals surface area contributed by atoms with Gasteiger partial charge in [-0.05, 0) is 97.1 Å². The molecular formula is C30H28N2O4. The van der Waals surface area contributed by atoms with E-state index in [2.05, 4.69) is 0 Å². The van der Waals surface area contributed by atoms with Crippen molar-refractivity contribution in [2.45, 2.75) is 0 Å². The third-order valence-electron chi connectivity index (χ3n) is 5.70. The molecule has 182 valence electrons. The van der Waals surface area contributed by atoms with E-state index in [0.29, 0.717) is 0 Å². The summed E-state index contributed by atoms with van der Waals surface area (Å²) in [5.74, 6) is 3.09. The highest BCUT2D eigenvalue weighted by molar-refractivity contribution is 6.15. The van der Waals surface area contributed by atoms with Gasteiger partial charge in [0.1, 0.15) is 34.4 Å². The van der Waals surface area contributed by atoms with Crippen LogP contribution in [0.3, 0.4) is 0 Å². The Kier molecular flexibility index (Phi) is 7.98. The topological polar surface area (TPSA) is 61.6 Å². The van der Waals surface area contributed by atoms with Crippen molar-refractivity contribution in [3.63, 3.8) is 0 Å². The van der Waals surface area contributed by atoms with E-state index in [0.717, 1.165) is 56.7 Å². The van der Waals surface area contributed by atoms with Crippen molar-refractivity contribution in [2.24, 2.45) is 10.2 Å². The van der Waals surface area contributed by atoms with Gasteiger partial charge in [0.15, 0.2) is 0 Å². The molecule has 0 saturated carbocycles. The smallest absolute Gasteiger partial charge is 0.118 e. The predicted octanol–water partition coefficient (Wildman–Crippen LogP) is 6.01. The second-order valence-electron chi connectivity index (χ2n) is 7.81. The molecule has 0 saturated heterocycles. The Morgan fingerprint density at radius 3 is 0.722 bits per heavy atom. The zero-order valence-corrected chi connectivity index (χ0v) is 20.8. The van der Waals surface area contributed by atoms with Crippen LogP contribution in [0.1, 0.15) is 22.3 Å². The summed E-state index contributed by atoms with van der Waals surface area (Å²) in [5.41, 5.74) is 5.09. The second kappa shape index (κ2) is 11.7. The standard InChI is InChI=1S/C30H28N2O4/c1-33-25-13-5-21(6-14-25)29(22-7-15-26(34-2)16-8-22)31-32-30(23-9-17-27(35-3)18-10-23)24-11-19-28(36-4)20-12-24/h5-20H,1-4H3. The molecule has 0 heterocycles. The summed E-state index contributed by atoms with van der Waals surface area (Å²) in [6.45, 7) is 0. The number of hydrogen-bond acceptors (Lipinski definition) is 6. The molecule has 4 aromatic rings. The number of nitrogens with zero attached hydrogens (tertiary/aromatic N) is 2. The summed E-state index contributed by atoms with van der Waals surface area (Å²) in [7, 11) is 6.59. The van der Waals surface area contributed by atoms with E-state index >= 15 is 0 Å². The fourth-order valence-corrected chi connectivity index (χ4v) is 3.66. The van der Waals surface area contributed by atoms with Gasteiger partial charge in [-0.3, -0.25) is 0 Å². The molecule has 0 aliphatic heterocycles. The highest BCUT2D eigenvalue weighted by Crippen LogP contribution is 2.21. The van der Waals surface area contributed by atoms with Crippen molar-refractivity contribution in [1.82, 2.24) is 0 Å². The van der Waals surface area contributed by atoms with E-state index in [4.69, 9.17) is 29.2 Å². The molecule has 4 aromatic carbocycles. The van der Waals surface area contributed by atoms with Gasteiger partial charge in [-0.25, -0.2) is 0 Å². The molecule has 36 heavy (non-hydrogen) atoms. The maximum absolute atomic E-state index is 5.33. The van der Waals surface area contributed by atoms with Gasteiger partial charge in [0.2, 0.25) is 0 Å². The molecule has 0 atom stereocenters. The molecule has 0 aromatic heterocycles. The van der Waals surface area contributed by atoms with Crippen LogP contribution < -0.4 is 18.9 Å². The van der Waals surface area contributed by atoms with Crippen molar-refractivity contribution in [2.75, 3.05) is 28.4 Å². The van der Waals surface area contributed by atoms with Crippen molar-refractivity contribution in [1.29, 1.82) is 0 Å². The molecule has 0 aliphatic carbocycles. The monoisotopic (exact) mass is 480 g/mol.